The van der Waals surface area contributed by atoms with Crippen molar-refractivity contribution in [3.8, 4) is 5.69 Å². The minimum absolute atomic E-state index is 0.986. The van der Waals surface area contributed by atoms with Gasteiger partial charge in [-0.15, -0.1) is 0 Å². The van der Waals surface area contributed by atoms with Crippen molar-refractivity contribution in [3.05, 3.63) is 170 Å². The molecule has 4 nitrogen and oxygen atoms in total. The Labute approximate surface area is 271 Å². The number of pyridine rings is 1. The first kappa shape index (κ1) is 25.9. The summed E-state index contributed by atoms with van der Waals surface area (Å²) >= 11 is 0. The van der Waals surface area contributed by atoms with Gasteiger partial charge in [-0.25, -0.2) is 4.98 Å². The summed E-state index contributed by atoms with van der Waals surface area (Å²) in [5.74, 6) is 0. The zero-order valence-electron chi connectivity index (χ0n) is 25.5. The Morgan fingerprint density at radius 2 is 0.979 bits per heavy atom. The SMILES string of the molecule is c1ccc(N(c2ccccc2)c2cccc(-n3c4ccccc4c4cc5c6ccccc6c6nc7ccccc7n6c5cc43)c2)cc1. The lowest BCUT2D eigenvalue weighted by atomic mass is 10.0. The normalized spacial score (nSPS) is 11.8. The van der Waals surface area contributed by atoms with Gasteiger partial charge in [-0.3, -0.25) is 4.40 Å². The van der Waals surface area contributed by atoms with Gasteiger partial charge < -0.3 is 9.47 Å². The molecule has 0 saturated carbocycles. The van der Waals surface area contributed by atoms with Gasteiger partial charge in [0.2, 0.25) is 0 Å². The minimum atomic E-state index is 0.986. The van der Waals surface area contributed by atoms with Crippen LogP contribution in [0.4, 0.5) is 17.1 Å². The zero-order chi connectivity index (χ0) is 30.9. The molecule has 0 atom stereocenters. The molecule has 0 fully saturated rings. The summed E-state index contributed by atoms with van der Waals surface area (Å²) in [5, 5.41) is 6.06. The summed E-state index contributed by atoms with van der Waals surface area (Å²) in [7, 11) is 0. The molecule has 0 amide bonds. The van der Waals surface area contributed by atoms with Crippen molar-refractivity contribution in [1.82, 2.24) is 14.0 Å². The lowest BCUT2D eigenvalue weighted by molar-refractivity contribution is 1.17. The van der Waals surface area contributed by atoms with E-state index in [4.69, 9.17) is 4.98 Å². The van der Waals surface area contributed by atoms with E-state index in [1.54, 1.807) is 0 Å². The van der Waals surface area contributed by atoms with Crippen LogP contribution in [0.2, 0.25) is 0 Å². The molecule has 3 aromatic heterocycles. The van der Waals surface area contributed by atoms with Crippen molar-refractivity contribution in [3.63, 3.8) is 0 Å². The fourth-order valence-corrected chi connectivity index (χ4v) is 7.42. The third kappa shape index (κ3) is 3.85. The smallest absolute Gasteiger partial charge is 0.146 e. The van der Waals surface area contributed by atoms with Crippen LogP contribution >= 0.6 is 0 Å². The third-order valence-electron chi connectivity index (χ3n) is 9.42. The number of aromatic nitrogens is 3. The van der Waals surface area contributed by atoms with E-state index in [9.17, 15) is 0 Å². The summed E-state index contributed by atoms with van der Waals surface area (Å²) in [6.45, 7) is 0. The summed E-state index contributed by atoms with van der Waals surface area (Å²) in [4.78, 5) is 7.46. The van der Waals surface area contributed by atoms with Crippen LogP contribution in [-0.4, -0.2) is 14.0 Å². The molecule has 47 heavy (non-hydrogen) atoms. The first-order valence-corrected chi connectivity index (χ1v) is 16.0. The maximum Gasteiger partial charge on any atom is 0.146 e. The molecule has 10 rings (SSSR count). The predicted octanol–water partition coefficient (Wildman–Crippen LogP) is 11.4. The lowest BCUT2D eigenvalue weighted by Gasteiger charge is -2.26. The van der Waals surface area contributed by atoms with Gasteiger partial charge >= 0.3 is 0 Å². The molecular formula is C43H28N4. The van der Waals surface area contributed by atoms with Crippen LogP contribution in [-0.2, 0) is 0 Å². The molecule has 0 aliphatic heterocycles. The highest BCUT2D eigenvalue weighted by Crippen LogP contribution is 2.41. The summed E-state index contributed by atoms with van der Waals surface area (Å²) in [6.07, 6.45) is 0. The first-order chi connectivity index (χ1) is 23.3. The van der Waals surface area contributed by atoms with E-state index in [0.29, 0.717) is 0 Å². The molecule has 10 aromatic rings. The van der Waals surface area contributed by atoms with E-state index in [1.807, 2.05) is 0 Å². The summed E-state index contributed by atoms with van der Waals surface area (Å²) in [6, 6.07) is 60.7. The number of para-hydroxylation sites is 5. The number of nitrogens with zero attached hydrogens (tertiary/aromatic N) is 4. The number of imidazole rings is 1. The maximum atomic E-state index is 5.14. The Morgan fingerprint density at radius 1 is 0.383 bits per heavy atom. The Hall–Kier alpha value is -6.39. The molecule has 220 valence electrons. The van der Waals surface area contributed by atoms with Gasteiger partial charge in [0.25, 0.3) is 0 Å². The molecule has 0 aliphatic carbocycles. The van der Waals surface area contributed by atoms with E-state index in [-0.39, 0.29) is 0 Å². The Kier molecular flexibility index (Phi) is 5.54. The predicted molar refractivity (Wildman–Crippen MR) is 197 cm³/mol. The Balaban J connectivity index is 1.30. The fourth-order valence-electron chi connectivity index (χ4n) is 7.42. The quantitative estimate of drug-likeness (QED) is 0.188. The lowest BCUT2D eigenvalue weighted by Crippen LogP contribution is -2.10. The van der Waals surface area contributed by atoms with Gasteiger partial charge in [-0.2, -0.15) is 0 Å². The van der Waals surface area contributed by atoms with E-state index in [1.165, 1.54) is 27.1 Å². The largest absolute Gasteiger partial charge is 0.310 e. The van der Waals surface area contributed by atoms with Crippen LogP contribution in [0.15, 0.2) is 170 Å². The number of benzene rings is 7. The number of fused-ring (bicyclic) bond motifs is 11. The topological polar surface area (TPSA) is 25.5 Å². The van der Waals surface area contributed by atoms with Crippen molar-refractivity contribution in [1.29, 1.82) is 0 Å². The second kappa shape index (κ2) is 10.1. The van der Waals surface area contributed by atoms with Gasteiger partial charge in [0.1, 0.15) is 5.65 Å². The van der Waals surface area contributed by atoms with Gasteiger partial charge in [0.15, 0.2) is 0 Å². The van der Waals surface area contributed by atoms with Crippen LogP contribution < -0.4 is 4.90 Å². The minimum Gasteiger partial charge on any atom is -0.310 e. The van der Waals surface area contributed by atoms with Gasteiger partial charge in [0.05, 0.1) is 27.6 Å². The van der Waals surface area contributed by atoms with E-state index in [0.717, 1.165) is 55.8 Å². The highest BCUT2D eigenvalue weighted by Gasteiger charge is 2.19. The molecule has 7 aromatic carbocycles. The van der Waals surface area contributed by atoms with Gasteiger partial charge in [-0.05, 0) is 78.2 Å². The monoisotopic (exact) mass is 600 g/mol. The van der Waals surface area contributed by atoms with Crippen LogP contribution in [0.3, 0.4) is 0 Å². The van der Waals surface area contributed by atoms with Crippen LogP contribution in [0, 0.1) is 0 Å². The van der Waals surface area contributed by atoms with Crippen molar-refractivity contribution < 1.29 is 0 Å². The molecule has 0 spiro atoms. The van der Waals surface area contributed by atoms with E-state index in [2.05, 4.69) is 184 Å². The molecule has 0 radical (unpaired) electrons. The Morgan fingerprint density at radius 3 is 1.74 bits per heavy atom. The first-order valence-electron chi connectivity index (χ1n) is 16.0. The van der Waals surface area contributed by atoms with Crippen LogP contribution in [0.25, 0.3) is 65.8 Å². The molecule has 3 heterocycles. The molecule has 4 heteroatoms. The molecule has 0 aliphatic rings. The summed E-state index contributed by atoms with van der Waals surface area (Å²) in [5.41, 5.74) is 11.0. The van der Waals surface area contributed by atoms with Gasteiger partial charge in [-0.1, -0.05) is 97.1 Å². The van der Waals surface area contributed by atoms with Crippen molar-refractivity contribution in [2.75, 3.05) is 4.90 Å². The third-order valence-corrected chi connectivity index (χ3v) is 9.42. The Bertz CT molecular complexity index is 2750. The highest BCUT2D eigenvalue weighted by atomic mass is 15.1. The van der Waals surface area contributed by atoms with E-state index >= 15 is 0 Å². The molecule has 0 saturated heterocycles. The molecule has 0 unspecified atom stereocenters. The van der Waals surface area contributed by atoms with Gasteiger partial charge in [0, 0.05) is 44.3 Å². The zero-order valence-corrected chi connectivity index (χ0v) is 25.5. The summed E-state index contributed by atoms with van der Waals surface area (Å²) < 4.78 is 4.76. The number of hydrogen-bond donors (Lipinski definition) is 0. The van der Waals surface area contributed by atoms with Crippen LogP contribution in [0.5, 0.6) is 0 Å². The number of anilines is 3. The average Bonchev–Trinajstić information content (AvgIpc) is 3.68. The second-order valence-corrected chi connectivity index (χ2v) is 12.1. The number of hydrogen-bond acceptors (Lipinski definition) is 2. The van der Waals surface area contributed by atoms with Crippen molar-refractivity contribution in [2.45, 2.75) is 0 Å². The fraction of sp³-hybridized carbons (Fsp3) is 0. The standard InChI is InChI=1S/C43H28N4/c1-3-14-29(15-4-1)45(30-16-5-2-6-17-30)31-18-13-19-32(26-31)46-39-24-11-9-21-34(39)37-27-36-33-20-7-8-22-35(33)43-44-38-23-10-12-25-40(38)47(43)42(36)28-41(37)46/h1-28H. The number of rotatable bonds is 4. The molecule has 0 bridgehead atoms. The maximum absolute atomic E-state index is 5.14. The average molecular weight is 601 g/mol. The van der Waals surface area contributed by atoms with E-state index < -0.39 is 0 Å². The van der Waals surface area contributed by atoms with Crippen molar-refractivity contribution in [2.24, 2.45) is 0 Å². The molecular weight excluding hydrogens is 573 g/mol. The second-order valence-electron chi connectivity index (χ2n) is 12.1. The highest BCUT2D eigenvalue weighted by molar-refractivity contribution is 6.20. The molecule has 0 N–H and O–H groups in total. The van der Waals surface area contributed by atoms with Crippen LogP contribution in [0.1, 0.15) is 0 Å². The van der Waals surface area contributed by atoms with Crippen molar-refractivity contribution >= 4 is 77.2 Å².